The van der Waals surface area contributed by atoms with Crippen LogP contribution in [0, 0.1) is 23.2 Å². The summed E-state index contributed by atoms with van der Waals surface area (Å²) in [6.07, 6.45) is 0.908. The number of nitrogens with one attached hydrogen (secondary N) is 4. The van der Waals surface area contributed by atoms with Crippen LogP contribution >= 0.6 is 0 Å². The van der Waals surface area contributed by atoms with Crippen molar-refractivity contribution >= 4 is 5.91 Å². The number of fused-ring (bicyclic) bond motifs is 1. The van der Waals surface area contributed by atoms with Crippen molar-refractivity contribution in [2.75, 3.05) is 26.2 Å². The Balaban J connectivity index is 1.61. The lowest BCUT2D eigenvalue weighted by molar-refractivity contribution is -0.129. The molecule has 6 atom stereocenters. The summed E-state index contributed by atoms with van der Waals surface area (Å²) in [6, 6.07) is 2.15. The van der Waals surface area contributed by atoms with Crippen molar-refractivity contribution in [2.24, 2.45) is 17.6 Å². The Labute approximate surface area is 154 Å². The van der Waals surface area contributed by atoms with Gasteiger partial charge in [0.1, 0.15) is 0 Å². The summed E-state index contributed by atoms with van der Waals surface area (Å²) in [6.45, 7) is 7.05. The maximum Gasteiger partial charge on any atom is 0.229 e. The smallest absolute Gasteiger partial charge is 0.229 e. The summed E-state index contributed by atoms with van der Waals surface area (Å²) in [5.74, 6) is -0.210. The molecule has 6 unspecified atom stereocenters. The van der Waals surface area contributed by atoms with E-state index >= 15 is 0 Å². The fraction of sp³-hybridized carbons (Fsp3) is 0.882. The Hall–Kier alpha value is -1.28. The third-order valence-electron chi connectivity index (χ3n) is 5.32. The molecule has 9 nitrogen and oxygen atoms in total. The molecule has 1 amide bonds. The average Bonchev–Trinajstić information content (AvgIpc) is 2.91. The topological polar surface area (TPSA) is 127 Å². The minimum absolute atomic E-state index is 0.0150. The predicted molar refractivity (Wildman–Crippen MR) is 96.2 cm³/mol. The number of hydrogen-bond acceptors (Lipinski definition) is 8. The zero-order valence-electron chi connectivity index (χ0n) is 15.6. The van der Waals surface area contributed by atoms with Crippen LogP contribution in [0.3, 0.4) is 0 Å². The second-order valence-corrected chi connectivity index (χ2v) is 7.75. The molecule has 3 saturated heterocycles. The molecule has 3 fully saturated rings. The Kier molecular flexibility index (Phi) is 6.45. The highest BCUT2D eigenvalue weighted by Crippen LogP contribution is 2.24. The zero-order valence-corrected chi connectivity index (χ0v) is 15.6. The van der Waals surface area contributed by atoms with Gasteiger partial charge in [-0.15, -0.1) is 0 Å². The number of rotatable bonds is 5. The molecule has 9 heteroatoms. The van der Waals surface area contributed by atoms with Crippen molar-refractivity contribution in [1.29, 1.82) is 5.26 Å². The van der Waals surface area contributed by atoms with E-state index in [0.29, 0.717) is 19.5 Å². The first kappa shape index (κ1) is 19.5. The van der Waals surface area contributed by atoms with E-state index in [9.17, 15) is 4.79 Å². The lowest BCUT2D eigenvalue weighted by Gasteiger charge is -2.37. The molecular weight excluding hydrogens is 334 g/mol. The predicted octanol–water partition coefficient (Wildman–Crippen LogP) is -1.56. The van der Waals surface area contributed by atoms with Crippen LogP contribution < -0.4 is 27.1 Å². The van der Waals surface area contributed by atoms with Gasteiger partial charge in [-0.3, -0.25) is 10.1 Å². The summed E-state index contributed by atoms with van der Waals surface area (Å²) in [5, 5.41) is 20.7. The minimum Gasteiger partial charge on any atom is -0.373 e. The highest BCUT2D eigenvalue weighted by Gasteiger charge is 2.47. The van der Waals surface area contributed by atoms with Gasteiger partial charge in [0, 0.05) is 26.1 Å². The fourth-order valence-electron chi connectivity index (χ4n) is 4.12. The lowest BCUT2D eigenvalue weighted by Crippen LogP contribution is -2.61. The number of carbonyl (C=O) groups is 1. The number of hydrazine groups is 1. The third-order valence-corrected chi connectivity index (χ3v) is 5.32. The quantitative estimate of drug-likeness (QED) is 0.396. The molecule has 0 bridgehead atoms. The van der Waals surface area contributed by atoms with E-state index in [1.54, 1.807) is 0 Å². The molecule has 0 aromatic carbocycles. The Morgan fingerprint density at radius 3 is 3.00 bits per heavy atom. The summed E-state index contributed by atoms with van der Waals surface area (Å²) in [5.41, 5.74) is 9.40. The van der Waals surface area contributed by atoms with Crippen LogP contribution in [-0.4, -0.2) is 67.7 Å². The molecule has 0 radical (unpaired) electrons. The van der Waals surface area contributed by atoms with Gasteiger partial charge in [-0.1, -0.05) is 0 Å². The summed E-state index contributed by atoms with van der Waals surface area (Å²) >= 11 is 0. The zero-order chi connectivity index (χ0) is 18.7. The number of nitrogens with zero attached hydrogens (tertiary/aromatic N) is 2. The first-order valence-corrected chi connectivity index (χ1v) is 9.55. The van der Waals surface area contributed by atoms with Gasteiger partial charge in [0.05, 0.1) is 42.6 Å². The number of ether oxygens (including phenoxy) is 1. The summed E-state index contributed by atoms with van der Waals surface area (Å²) < 4.78 is 5.98. The van der Waals surface area contributed by atoms with Crippen LogP contribution in [0.1, 0.15) is 26.7 Å². The van der Waals surface area contributed by atoms with E-state index in [2.05, 4.69) is 27.4 Å². The van der Waals surface area contributed by atoms with Gasteiger partial charge in [0.15, 0.2) is 0 Å². The normalized spacial score (nSPS) is 38.0. The number of hydrogen-bond donors (Lipinski definition) is 5. The largest absolute Gasteiger partial charge is 0.373 e. The molecule has 0 aromatic rings. The van der Waals surface area contributed by atoms with E-state index < -0.39 is 6.17 Å². The fourth-order valence-corrected chi connectivity index (χ4v) is 4.12. The van der Waals surface area contributed by atoms with Gasteiger partial charge in [-0.25, -0.2) is 10.4 Å². The van der Waals surface area contributed by atoms with Gasteiger partial charge in [0.2, 0.25) is 5.91 Å². The molecule has 3 aliphatic heterocycles. The summed E-state index contributed by atoms with van der Waals surface area (Å²) in [4.78, 5) is 13.0. The molecule has 0 aliphatic carbocycles. The van der Waals surface area contributed by atoms with E-state index in [1.165, 1.54) is 0 Å². The van der Waals surface area contributed by atoms with Crippen LogP contribution in [0.25, 0.3) is 0 Å². The van der Waals surface area contributed by atoms with Crippen molar-refractivity contribution in [3.8, 4) is 6.07 Å². The highest BCUT2D eigenvalue weighted by atomic mass is 16.5. The van der Waals surface area contributed by atoms with E-state index in [1.807, 2.05) is 18.9 Å². The van der Waals surface area contributed by atoms with Crippen LogP contribution in [0.2, 0.25) is 0 Å². The first-order chi connectivity index (χ1) is 12.5. The second-order valence-electron chi connectivity index (χ2n) is 7.75. The monoisotopic (exact) mass is 365 g/mol. The van der Waals surface area contributed by atoms with E-state index in [0.717, 1.165) is 19.5 Å². The second kappa shape index (κ2) is 8.61. The average molecular weight is 365 g/mol. The van der Waals surface area contributed by atoms with E-state index in [-0.39, 0.29) is 42.2 Å². The molecule has 26 heavy (non-hydrogen) atoms. The van der Waals surface area contributed by atoms with Crippen LogP contribution in [-0.2, 0) is 9.53 Å². The SMILES string of the molecule is CC(C)OC1CCNCC1NC(=O)C1C(N)NN2CC(CC#N)CNC12. The van der Waals surface area contributed by atoms with Gasteiger partial charge >= 0.3 is 0 Å². The van der Waals surface area contributed by atoms with Crippen molar-refractivity contribution < 1.29 is 9.53 Å². The molecule has 6 N–H and O–H groups in total. The minimum atomic E-state index is -0.450. The van der Waals surface area contributed by atoms with Crippen LogP contribution in [0.5, 0.6) is 0 Å². The van der Waals surface area contributed by atoms with Crippen LogP contribution in [0.4, 0.5) is 0 Å². The highest BCUT2D eigenvalue weighted by molar-refractivity contribution is 5.80. The van der Waals surface area contributed by atoms with Crippen molar-refractivity contribution in [3.63, 3.8) is 0 Å². The molecular formula is C17H31N7O2. The van der Waals surface area contributed by atoms with Gasteiger partial charge in [-0.2, -0.15) is 5.26 Å². The summed E-state index contributed by atoms with van der Waals surface area (Å²) in [7, 11) is 0. The van der Waals surface area contributed by atoms with Gasteiger partial charge in [-0.05, 0) is 32.7 Å². The molecule has 0 aromatic heterocycles. The molecule has 3 rings (SSSR count). The van der Waals surface area contributed by atoms with Crippen molar-refractivity contribution in [1.82, 2.24) is 26.4 Å². The molecule has 0 spiro atoms. The maximum absolute atomic E-state index is 13.0. The lowest BCUT2D eigenvalue weighted by atomic mass is 9.96. The molecule has 146 valence electrons. The number of piperidine rings is 1. The Morgan fingerprint density at radius 1 is 1.46 bits per heavy atom. The number of nitriles is 1. The van der Waals surface area contributed by atoms with Gasteiger partial charge < -0.3 is 21.1 Å². The van der Waals surface area contributed by atoms with Crippen molar-refractivity contribution in [2.45, 2.75) is 57.3 Å². The number of carbonyl (C=O) groups excluding carboxylic acids is 1. The third kappa shape index (κ3) is 4.34. The Morgan fingerprint density at radius 2 is 2.27 bits per heavy atom. The van der Waals surface area contributed by atoms with E-state index in [4.69, 9.17) is 15.7 Å². The van der Waals surface area contributed by atoms with Crippen LogP contribution in [0.15, 0.2) is 0 Å². The van der Waals surface area contributed by atoms with Gasteiger partial charge in [0.25, 0.3) is 0 Å². The Bertz CT molecular complexity index is 538. The van der Waals surface area contributed by atoms with Crippen molar-refractivity contribution in [3.05, 3.63) is 0 Å². The number of amides is 1. The number of nitrogens with two attached hydrogens (primary N) is 1. The standard InChI is InChI=1S/C17H31N7O2/c1-10(2)26-13-4-6-20-8-12(13)22-17(25)14-15(19)23-24-9-11(3-5-18)7-21-16(14)24/h10-16,20-21,23H,3-4,6-9,19H2,1-2H3,(H,22,25). The maximum atomic E-state index is 13.0. The molecule has 0 saturated carbocycles. The molecule has 3 aliphatic rings. The molecule has 3 heterocycles. The first-order valence-electron chi connectivity index (χ1n) is 9.55.